The van der Waals surface area contributed by atoms with Crippen molar-refractivity contribution in [1.82, 2.24) is 15.1 Å². The van der Waals surface area contributed by atoms with Crippen molar-refractivity contribution in [2.45, 2.75) is 51.4 Å². The minimum atomic E-state index is -0.598. The van der Waals surface area contributed by atoms with Gasteiger partial charge in [-0.1, -0.05) is 50.9 Å². The van der Waals surface area contributed by atoms with Gasteiger partial charge in [-0.2, -0.15) is 5.10 Å². The van der Waals surface area contributed by atoms with Crippen LogP contribution in [0.2, 0.25) is 0 Å². The number of amidine groups is 1. The summed E-state index contributed by atoms with van der Waals surface area (Å²) in [5, 5.41) is 9.44. The van der Waals surface area contributed by atoms with Crippen LogP contribution in [0.1, 0.15) is 51.5 Å². The van der Waals surface area contributed by atoms with Gasteiger partial charge in [0, 0.05) is 16.6 Å². The third-order valence-corrected chi connectivity index (χ3v) is 8.36. The predicted molar refractivity (Wildman–Crippen MR) is 132 cm³/mol. The first-order chi connectivity index (χ1) is 15.9. The van der Waals surface area contributed by atoms with E-state index >= 15 is 0 Å². The Balaban J connectivity index is 1.54. The van der Waals surface area contributed by atoms with E-state index in [-0.39, 0.29) is 17.1 Å². The molecular weight excluding hydrogens is 435 g/mol. The molecule has 7 heteroatoms. The normalized spacial score (nSPS) is 18.3. The van der Waals surface area contributed by atoms with Crippen LogP contribution in [0.3, 0.4) is 0 Å². The number of halogens is 1. The lowest BCUT2D eigenvalue weighted by Crippen LogP contribution is -2.53. The molecule has 0 saturated heterocycles. The quantitative estimate of drug-likeness (QED) is 0.546. The Hall–Kier alpha value is -2.67. The number of nitrogens with one attached hydrogen (secondary N) is 1. The third-order valence-electron chi connectivity index (χ3n) is 7.47. The molecule has 2 aliphatic rings. The first-order valence-corrected chi connectivity index (χ1v) is 12.6. The van der Waals surface area contributed by atoms with E-state index in [1.807, 2.05) is 10.9 Å². The van der Waals surface area contributed by atoms with E-state index in [4.69, 9.17) is 0 Å². The first kappa shape index (κ1) is 22.1. The fraction of sp³-hybridized carbons (Fsp3) is 0.423. The molecule has 0 spiro atoms. The van der Waals surface area contributed by atoms with Crippen molar-refractivity contribution >= 4 is 33.7 Å². The van der Waals surface area contributed by atoms with Crippen molar-refractivity contribution in [3.63, 3.8) is 0 Å². The largest absolute Gasteiger partial charge is 0.305 e. The monoisotopic (exact) mass is 464 g/mol. The Kier molecular flexibility index (Phi) is 5.77. The molecule has 0 radical (unpaired) electrons. The molecule has 0 atom stereocenters. The van der Waals surface area contributed by atoms with E-state index in [9.17, 15) is 9.18 Å². The van der Waals surface area contributed by atoms with Gasteiger partial charge in [0.05, 0.1) is 29.4 Å². The summed E-state index contributed by atoms with van der Waals surface area (Å²) in [6.45, 7) is 4.93. The van der Waals surface area contributed by atoms with Gasteiger partial charge in [0.2, 0.25) is 5.91 Å². The van der Waals surface area contributed by atoms with Gasteiger partial charge in [0.25, 0.3) is 0 Å². The van der Waals surface area contributed by atoms with Crippen LogP contribution in [0.5, 0.6) is 0 Å². The average molecular weight is 465 g/mol. The zero-order valence-electron chi connectivity index (χ0n) is 19.1. The topological polar surface area (TPSA) is 59.3 Å². The van der Waals surface area contributed by atoms with Crippen LogP contribution in [0.25, 0.3) is 16.6 Å². The zero-order valence-corrected chi connectivity index (χ0v) is 19.9. The Morgan fingerprint density at radius 1 is 1.12 bits per heavy atom. The summed E-state index contributed by atoms with van der Waals surface area (Å²) in [6.07, 6.45) is 7.23. The Morgan fingerprint density at radius 3 is 2.58 bits per heavy atom. The number of thioether (sulfide) groups is 1. The van der Waals surface area contributed by atoms with Crippen LogP contribution in [0, 0.1) is 11.2 Å². The molecule has 0 bridgehead atoms. The van der Waals surface area contributed by atoms with Crippen molar-refractivity contribution in [1.29, 1.82) is 0 Å². The van der Waals surface area contributed by atoms with E-state index in [0.29, 0.717) is 0 Å². The van der Waals surface area contributed by atoms with Crippen LogP contribution in [-0.4, -0.2) is 33.2 Å². The molecule has 5 nitrogen and oxygen atoms in total. The van der Waals surface area contributed by atoms with Gasteiger partial charge in [-0.3, -0.25) is 9.79 Å². The number of fused-ring (bicyclic) bond motifs is 1. The number of amides is 1. The second-order valence-corrected chi connectivity index (χ2v) is 10.6. The minimum Gasteiger partial charge on any atom is -0.305 e. The maximum Gasteiger partial charge on any atom is 0.232 e. The summed E-state index contributed by atoms with van der Waals surface area (Å²) >= 11 is 1.62. The standard InChI is InChI=1S/C26H29FN4OS/c1-25(2,23(32)30-24-28-14-15-33-24)26(12-4-3-5-13-26)19-6-11-22-18(16-19)17-29-31(22)21-9-7-20(27)8-10-21/h6-11,16-17H,3-5,12-15H2,1-2H3,(H,28,30,32). The van der Waals surface area contributed by atoms with Crippen molar-refractivity contribution in [2.24, 2.45) is 10.4 Å². The Morgan fingerprint density at radius 2 is 1.88 bits per heavy atom. The highest BCUT2D eigenvalue weighted by molar-refractivity contribution is 8.14. The molecule has 3 aromatic rings. The van der Waals surface area contributed by atoms with Gasteiger partial charge >= 0.3 is 0 Å². The maximum atomic E-state index is 13.5. The molecule has 1 saturated carbocycles. The van der Waals surface area contributed by atoms with Gasteiger partial charge in [-0.25, -0.2) is 9.07 Å². The molecule has 1 aromatic heterocycles. The molecule has 2 aromatic carbocycles. The number of nitrogens with zero attached hydrogens (tertiary/aromatic N) is 3. The Labute approximate surface area is 197 Å². The number of carbonyl (C=O) groups excluding carboxylic acids is 1. The number of rotatable bonds is 4. The molecule has 1 amide bonds. The fourth-order valence-corrected chi connectivity index (χ4v) is 6.15. The molecule has 1 N–H and O–H groups in total. The highest BCUT2D eigenvalue weighted by Gasteiger charge is 2.51. The molecule has 1 fully saturated rings. The molecule has 0 unspecified atom stereocenters. The average Bonchev–Trinajstić information content (AvgIpc) is 3.49. The second-order valence-electron chi connectivity index (χ2n) is 9.56. The van der Waals surface area contributed by atoms with E-state index in [2.05, 4.69) is 47.5 Å². The highest BCUT2D eigenvalue weighted by Crippen LogP contribution is 2.52. The summed E-state index contributed by atoms with van der Waals surface area (Å²) in [4.78, 5) is 17.9. The Bertz CT molecular complexity index is 1210. The lowest BCUT2D eigenvalue weighted by atomic mass is 9.55. The van der Waals surface area contributed by atoms with Gasteiger partial charge < -0.3 is 5.32 Å². The summed E-state index contributed by atoms with van der Waals surface area (Å²) in [5.41, 5.74) is 2.12. The van der Waals surface area contributed by atoms with E-state index in [1.54, 1.807) is 23.9 Å². The number of aromatic nitrogens is 2. The maximum absolute atomic E-state index is 13.5. The highest BCUT2D eigenvalue weighted by atomic mass is 32.2. The lowest BCUT2D eigenvalue weighted by Gasteiger charge is -2.48. The second kappa shape index (κ2) is 8.60. The number of carbonyl (C=O) groups is 1. The molecule has 2 heterocycles. The molecule has 1 aliphatic carbocycles. The molecule has 1 aliphatic heterocycles. The molecule has 33 heavy (non-hydrogen) atoms. The summed E-state index contributed by atoms with van der Waals surface area (Å²) < 4.78 is 15.2. The van der Waals surface area contributed by atoms with Crippen molar-refractivity contribution < 1.29 is 9.18 Å². The molecule has 5 rings (SSSR count). The van der Waals surface area contributed by atoms with Gasteiger partial charge in [0.15, 0.2) is 5.17 Å². The van der Waals surface area contributed by atoms with Crippen molar-refractivity contribution in [2.75, 3.05) is 12.3 Å². The van der Waals surface area contributed by atoms with E-state index < -0.39 is 5.41 Å². The van der Waals surface area contributed by atoms with Gasteiger partial charge in [-0.05, 0) is 54.8 Å². The number of benzene rings is 2. The number of hydrogen-bond donors (Lipinski definition) is 1. The van der Waals surface area contributed by atoms with Gasteiger partial charge in [0.1, 0.15) is 5.82 Å². The zero-order chi connectivity index (χ0) is 23.1. The summed E-state index contributed by atoms with van der Waals surface area (Å²) in [6, 6.07) is 12.8. The van der Waals surface area contributed by atoms with Crippen LogP contribution in [0.4, 0.5) is 4.39 Å². The molecular formula is C26H29FN4OS. The number of aliphatic imine (C=N–C) groups is 1. The van der Waals surface area contributed by atoms with Crippen molar-refractivity contribution in [3.8, 4) is 5.69 Å². The predicted octanol–water partition coefficient (Wildman–Crippen LogP) is 5.61. The van der Waals surface area contributed by atoms with Crippen LogP contribution < -0.4 is 5.32 Å². The smallest absolute Gasteiger partial charge is 0.232 e. The minimum absolute atomic E-state index is 0.0413. The van der Waals surface area contributed by atoms with Gasteiger partial charge in [-0.15, -0.1) is 0 Å². The summed E-state index contributed by atoms with van der Waals surface area (Å²) in [7, 11) is 0. The fourth-order valence-electron chi connectivity index (χ4n) is 5.43. The SMILES string of the molecule is CC(C)(C(=O)NC1=NCCS1)C1(c2ccc3c(cnn3-c3ccc(F)cc3)c2)CCCCC1. The first-order valence-electron chi connectivity index (χ1n) is 11.6. The van der Waals surface area contributed by atoms with Crippen LogP contribution >= 0.6 is 11.8 Å². The molecule has 172 valence electrons. The summed E-state index contributed by atoms with van der Waals surface area (Å²) in [5.74, 6) is 0.703. The van der Waals surface area contributed by atoms with Crippen LogP contribution in [-0.2, 0) is 10.2 Å². The van der Waals surface area contributed by atoms with Crippen molar-refractivity contribution in [3.05, 3.63) is 60.0 Å². The third kappa shape index (κ3) is 3.86. The van der Waals surface area contributed by atoms with Crippen LogP contribution in [0.15, 0.2) is 53.7 Å². The van der Waals surface area contributed by atoms with E-state index in [1.165, 1.54) is 24.1 Å². The lowest BCUT2D eigenvalue weighted by molar-refractivity contribution is -0.132. The van der Waals surface area contributed by atoms with E-state index in [0.717, 1.165) is 59.7 Å². The number of hydrogen-bond acceptors (Lipinski definition) is 4.